The third kappa shape index (κ3) is 3.95. The molecular weight excluding hydrogens is 296 g/mol. The van der Waals surface area contributed by atoms with E-state index in [4.69, 9.17) is 4.74 Å². The van der Waals surface area contributed by atoms with E-state index >= 15 is 0 Å². The monoisotopic (exact) mass is 317 g/mol. The smallest absolute Gasteiger partial charge is 0.123 e. The van der Waals surface area contributed by atoms with Gasteiger partial charge in [0, 0.05) is 31.7 Å². The van der Waals surface area contributed by atoms with Crippen LogP contribution in [0.3, 0.4) is 0 Å². The molecule has 1 fully saturated rings. The number of rotatable bonds is 5. The van der Waals surface area contributed by atoms with Gasteiger partial charge in [0.2, 0.25) is 0 Å². The molecule has 0 aliphatic carbocycles. The minimum atomic E-state index is -0.227. The Bertz CT molecular complexity index is 636. The molecule has 0 aromatic heterocycles. The predicted molar refractivity (Wildman–Crippen MR) is 86.2 cm³/mol. The third-order valence-corrected chi connectivity index (χ3v) is 4.59. The summed E-state index contributed by atoms with van der Waals surface area (Å²) in [7, 11) is 0. The van der Waals surface area contributed by atoms with E-state index in [1.807, 2.05) is 6.07 Å². The lowest BCUT2D eigenvalue weighted by Gasteiger charge is -2.38. The van der Waals surface area contributed by atoms with Crippen LogP contribution >= 0.6 is 0 Å². The zero-order valence-corrected chi connectivity index (χ0v) is 13.0. The second kappa shape index (κ2) is 7.20. The SMILES string of the molecule is Fc1ccc(CNCC2(c3cccc(F)c3)CCOCC2)cc1. The van der Waals surface area contributed by atoms with Crippen molar-refractivity contribution in [1.82, 2.24) is 5.32 Å². The van der Waals surface area contributed by atoms with Crippen molar-refractivity contribution in [3.05, 3.63) is 71.3 Å². The maximum absolute atomic E-state index is 13.6. The van der Waals surface area contributed by atoms with Gasteiger partial charge in [-0.25, -0.2) is 8.78 Å². The van der Waals surface area contributed by atoms with Crippen molar-refractivity contribution in [2.75, 3.05) is 19.8 Å². The first kappa shape index (κ1) is 16.1. The molecule has 0 spiro atoms. The number of nitrogens with one attached hydrogen (secondary N) is 1. The molecule has 1 heterocycles. The number of hydrogen-bond acceptors (Lipinski definition) is 2. The summed E-state index contributed by atoms with van der Waals surface area (Å²) in [4.78, 5) is 0. The summed E-state index contributed by atoms with van der Waals surface area (Å²) in [5.74, 6) is -0.429. The molecule has 1 N–H and O–H groups in total. The Morgan fingerprint density at radius 1 is 0.957 bits per heavy atom. The molecule has 0 radical (unpaired) electrons. The Morgan fingerprint density at radius 2 is 1.70 bits per heavy atom. The van der Waals surface area contributed by atoms with E-state index in [1.54, 1.807) is 24.3 Å². The number of benzene rings is 2. The molecule has 122 valence electrons. The van der Waals surface area contributed by atoms with Crippen LogP contribution in [0.5, 0.6) is 0 Å². The summed E-state index contributed by atoms with van der Waals surface area (Å²) in [6, 6.07) is 13.4. The van der Waals surface area contributed by atoms with Gasteiger partial charge in [-0.1, -0.05) is 24.3 Å². The average molecular weight is 317 g/mol. The number of halogens is 2. The lowest BCUT2D eigenvalue weighted by atomic mass is 9.74. The fourth-order valence-electron chi connectivity index (χ4n) is 3.20. The van der Waals surface area contributed by atoms with Crippen molar-refractivity contribution < 1.29 is 13.5 Å². The number of hydrogen-bond donors (Lipinski definition) is 1. The second-order valence-electron chi connectivity index (χ2n) is 6.13. The normalized spacial score (nSPS) is 17.1. The van der Waals surface area contributed by atoms with Gasteiger partial charge in [0.15, 0.2) is 0 Å². The molecule has 1 aliphatic heterocycles. The molecule has 1 aliphatic rings. The third-order valence-electron chi connectivity index (χ3n) is 4.59. The first-order valence-corrected chi connectivity index (χ1v) is 7.97. The fraction of sp³-hybridized carbons (Fsp3) is 0.368. The highest BCUT2D eigenvalue weighted by molar-refractivity contribution is 5.27. The molecule has 1 saturated heterocycles. The van der Waals surface area contributed by atoms with E-state index in [2.05, 4.69) is 5.32 Å². The molecule has 0 unspecified atom stereocenters. The molecule has 2 aromatic rings. The zero-order valence-electron chi connectivity index (χ0n) is 13.0. The summed E-state index contributed by atoms with van der Waals surface area (Å²) in [5.41, 5.74) is 1.95. The molecule has 0 bridgehead atoms. The van der Waals surface area contributed by atoms with Crippen LogP contribution in [0.4, 0.5) is 8.78 Å². The highest BCUT2D eigenvalue weighted by Gasteiger charge is 2.34. The van der Waals surface area contributed by atoms with Gasteiger partial charge < -0.3 is 10.1 Å². The zero-order chi connectivity index (χ0) is 16.1. The van der Waals surface area contributed by atoms with Gasteiger partial charge in [-0.05, 0) is 48.2 Å². The van der Waals surface area contributed by atoms with Crippen LogP contribution in [0.15, 0.2) is 48.5 Å². The van der Waals surface area contributed by atoms with Crippen LogP contribution in [0.1, 0.15) is 24.0 Å². The van der Waals surface area contributed by atoms with E-state index in [9.17, 15) is 8.78 Å². The van der Waals surface area contributed by atoms with Crippen LogP contribution < -0.4 is 5.32 Å². The van der Waals surface area contributed by atoms with Gasteiger partial charge in [-0.15, -0.1) is 0 Å². The van der Waals surface area contributed by atoms with Crippen LogP contribution in [0, 0.1) is 11.6 Å². The van der Waals surface area contributed by atoms with E-state index in [0.717, 1.165) is 30.5 Å². The molecule has 2 nitrogen and oxygen atoms in total. The first-order chi connectivity index (χ1) is 11.2. The summed E-state index contributed by atoms with van der Waals surface area (Å²) < 4.78 is 32.1. The maximum atomic E-state index is 13.6. The Labute approximate surface area is 135 Å². The largest absolute Gasteiger partial charge is 0.381 e. The summed E-state index contributed by atoms with van der Waals surface area (Å²) >= 11 is 0. The van der Waals surface area contributed by atoms with Crippen LogP contribution in [-0.4, -0.2) is 19.8 Å². The van der Waals surface area contributed by atoms with Gasteiger partial charge in [0.05, 0.1) is 0 Å². The van der Waals surface area contributed by atoms with E-state index in [1.165, 1.54) is 18.2 Å². The minimum Gasteiger partial charge on any atom is -0.381 e. The van der Waals surface area contributed by atoms with Crippen LogP contribution in [-0.2, 0) is 16.7 Å². The van der Waals surface area contributed by atoms with Gasteiger partial charge in [-0.3, -0.25) is 0 Å². The quantitative estimate of drug-likeness (QED) is 0.905. The van der Waals surface area contributed by atoms with Crippen molar-refractivity contribution in [2.24, 2.45) is 0 Å². The first-order valence-electron chi connectivity index (χ1n) is 7.97. The molecule has 0 amide bonds. The molecule has 2 aromatic carbocycles. The molecule has 0 atom stereocenters. The predicted octanol–water partition coefficient (Wildman–Crippen LogP) is 3.80. The molecule has 0 saturated carbocycles. The van der Waals surface area contributed by atoms with Crippen LogP contribution in [0.2, 0.25) is 0 Å². The highest BCUT2D eigenvalue weighted by Crippen LogP contribution is 2.34. The molecule has 3 rings (SSSR count). The fourth-order valence-corrected chi connectivity index (χ4v) is 3.20. The Kier molecular flexibility index (Phi) is 5.03. The second-order valence-corrected chi connectivity index (χ2v) is 6.13. The summed E-state index contributed by atoms with van der Waals surface area (Å²) in [6.45, 7) is 2.79. The van der Waals surface area contributed by atoms with Gasteiger partial charge in [0.1, 0.15) is 11.6 Å². The molecule has 4 heteroatoms. The Hall–Kier alpha value is -1.78. The topological polar surface area (TPSA) is 21.3 Å². The molecular formula is C19H21F2NO. The maximum Gasteiger partial charge on any atom is 0.123 e. The highest BCUT2D eigenvalue weighted by atomic mass is 19.1. The lowest BCUT2D eigenvalue weighted by Crippen LogP contribution is -2.42. The van der Waals surface area contributed by atoms with Crippen molar-refractivity contribution >= 4 is 0 Å². The van der Waals surface area contributed by atoms with E-state index < -0.39 is 0 Å². The van der Waals surface area contributed by atoms with Crippen molar-refractivity contribution in [3.8, 4) is 0 Å². The van der Waals surface area contributed by atoms with Crippen molar-refractivity contribution in [2.45, 2.75) is 24.8 Å². The summed E-state index contributed by atoms with van der Waals surface area (Å²) in [5, 5.41) is 3.45. The Morgan fingerprint density at radius 3 is 2.39 bits per heavy atom. The molecule has 23 heavy (non-hydrogen) atoms. The average Bonchev–Trinajstić information content (AvgIpc) is 2.58. The lowest BCUT2D eigenvalue weighted by molar-refractivity contribution is 0.0497. The van der Waals surface area contributed by atoms with Crippen LogP contribution in [0.25, 0.3) is 0 Å². The van der Waals surface area contributed by atoms with Crippen molar-refractivity contribution in [3.63, 3.8) is 0 Å². The standard InChI is InChI=1S/C19H21F2NO/c20-17-6-4-15(5-7-17)13-22-14-19(8-10-23-11-9-19)16-2-1-3-18(21)12-16/h1-7,12,22H,8-11,13-14H2. The van der Waals surface area contributed by atoms with Gasteiger partial charge >= 0.3 is 0 Å². The van der Waals surface area contributed by atoms with E-state index in [-0.39, 0.29) is 17.0 Å². The Balaban J connectivity index is 1.70. The van der Waals surface area contributed by atoms with E-state index in [0.29, 0.717) is 19.8 Å². The minimum absolute atomic E-state index is 0.111. The van der Waals surface area contributed by atoms with Gasteiger partial charge in [-0.2, -0.15) is 0 Å². The van der Waals surface area contributed by atoms with Crippen molar-refractivity contribution in [1.29, 1.82) is 0 Å². The number of ether oxygens (including phenoxy) is 1. The van der Waals surface area contributed by atoms with Gasteiger partial charge in [0.25, 0.3) is 0 Å². The summed E-state index contributed by atoms with van der Waals surface area (Å²) in [6.07, 6.45) is 1.74.